The normalized spacial score (nSPS) is 37.3. The van der Waals surface area contributed by atoms with Gasteiger partial charge in [-0.3, -0.25) is 4.79 Å². The van der Waals surface area contributed by atoms with Crippen molar-refractivity contribution in [2.24, 2.45) is 17.3 Å². The predicted molar refractivity (Wildman–Crippen MR) is 70.1 cm³/mol. The van der Waals surface area contributed by atoms with Crippen molar-refractivity contribution in [1.29, 1.82) is 0 Å². The van der Waals surface area contributed by atoms with Gasteiger partial charge in [0.25, 0.3) is 0 Å². The molecule has 3 heteroatoms. The van der Waals surface area contributed by atoms with E-state index in [0.717, 1.165) is 24.0 Å². The number of carboxylic acids is 1. The summed E-state index contributed by atoms with van der Waals surface area (Å²) in [5.74, 6) is -0.764. The largest absolute Gasteiger partial charge is 0.481 e. The van der Waals surface area contributed by atoms with Crippen molar-refractivity contribution in [2.75, 3.05) is 0 Å². The smallest absolute Gasteiger partial charge is 0.310 e. The van der Waals surface area contributed by atoms with Crippen LogP contribution < -0.4 is 0 Å². The van der Waals surface area contributed by atoms with Gasteiger partial charge in [-0.15, -0.1) is 0 Å². The van der Waals surface area contributed by atoms with Crippen molar-refractivity contribution in [1.82, 2.24) is 0 Å². The zero-order valence-electron chi connectivity index (χ0n) is 11.3. The maximum atomic E-state index is 11.1. The lowest BCUT2D eigenvalue weighted by Crippen LogP contribution is -2.39. The van der Waals surface area contributed by atoms with Crippen LogP contribution in [0.4, 0.5) is 0 Å². The van der Waals surface area contributed by atoms with Crippen LogP contribution in [-0.4, -0.2) is 22.3 Å². The Balaban J connectivity index is 2.35. The van der Waals surface area contributed by atoms with E-state index < -0.39 is 11.9 Å². The van der Waals surface area contributed by atoms with Crippen LogP contribution in [0.3, 0.4) is 0 Å². The van der Waals surface area contributed by atoms with E-state index in [1.807, 2.05) is 0 Å². The van der Waals surface area contributed by atoms with E-state index in [4.69, 9.17) is 5.11 Å². The highest BCUT2D eigenvalue weighted by Crippen LogP contribution is 2.49. The molecule has 4 atom stereocenters. The fourth-order valence-corrected chi connectivity index (χ4v) is 3.22. The summed E-state index contributed by atoms with van der Waals surface area (Å²) in [7, 11) is 0. The second kappa shape index (κ2) is 4.54. The molecule has 100 valence electrons. The molecule has 2 rings (SSSR count). The number of allylic oxidation sites excluding steroid dienone is 2. The summed E-state index contributed by atoms with van der Waals surface area (Å²) < 4.78 is 0. The van der Waals surface area contributed by atoms with Gasteiger partial charge in [-0.05, 0) is 37.7 Å². The maximum Gasteiger partial charge on any atom is 0.310 e. The minimum Gasteiger partial charge on any atom is -0.481 e. The van der Waals surface area contributed by atoms with Crippen LogP contribution in [0.2, 0.25) is 0 Å². The minimum absolute atomic E-state index is 0.172. The Bertz CT molecular complexity index is 421. The molecule has 0 saturated heterocycles. The van der Waals surface area contributed by atoms with Crippen molar-refractivity contribution in [3.8, 4) is 0 Å². The molecular formula is C15H22O3. The zero-order chi connectivity index (χ0) is 13.5. The molecule has 0 aromatic carbocycles. The van der Waals surface area contributed by atoms with Crippen molar-refractivity contribution >= 4 is 5.97 Å². The minimum atomic E-state index is -0.772. The summed E-state index contributed by atoms with van der Waals surface area (Å²) in [5, 5.41) is 19.2. The standard InChI is InChI=1S/C15H22O3/c1-9-4-7-13(16)12-6-5-11(8-15(9,12)3)10(2)14(17)18/h6,8-10,13,16H,4-5,7H2,1-3H3,(H,17,18)/t9-,10?,13+,15+/m0/s1. The molecule has 2 N–H and O–H groups in total. The summed E-state index contributed by atoms with van der Waals surface area (Å²) in [6.07, 6.45) is 6.26. The first-order valence-electron chi connectivity index (χ1n) is 6.69. The van der Waals surface area contributed by atoms with E-state index in [1.54, 1.807) is 6.92 Å². The number of aliphatic hydroxyl groups excluding tert-OH is 1. The van der Waals surface area contributed by atoms with Gasteiger partial charge in [-0.25, -0.2) is 0 Å². The first kappa shape index (κ1) is 13.3. The fraction of sp³-hybridized carbons (Fsp3) is 0.667. The summed E-state index contributed by atoms with van der Waals surface area (Å²) in [4.78, 5) is 11.1. The molecule has 1 saturated carbocycles. The molecule has 0 radical (unpaired) electrons. The van der Waals surface area contributed by atoms with Crippen LogP contribution in [0.15, 0.2) is 23.3 Å². The van der Waals surface area contributed by atoms with Gasteiger partial charge in [0.15, 0.2) is 0 Å². The summed E-state index contributed by atoms with van der Waals surface area (Å²) in [6.45, 7) is 6.05. The lowest BCUT2D eigenvalue weighted by molar-refractivity contribution is -0.139. The first-order chi connectivity index (χ1) is 8.36. The highest BCUT2D eigenvalue weighted by molar-refractivity contribution is 5.73. The SMILES string of the molecule is CC(C(=O)O)C1=C[C@@]2(C)C(=CC1)[C@H](O)CC[C@@H]2C. The average Bonchev–Trinajstić information content (AvgIpc) is 2.32. The molecular weight excluding hydrogens is 228 g/mol. The third-order valence-corrected chi connectivity index (χ3v) is 4.85. The molecule has 0 heterocycles. The van der Waals surface area contributed by atoms with Crippen molar-refractivity contribution < 1.29 is 15.0 Å². The number of hydrogen-bond acceptors (Lipinski definition) is 2. The number of aliphatic carboxylic acids is 1. The monoisotopic (exact) mass is 250 g/mol. The molecule has 0 aromatic heterocycles. The lowest BCUT2D eigenvalue weighted by atomic mass is 9.61. The van der Waals surface area contributed by atoms with E-state index in [0.29, 0.717) is 12.3 Å². The zero-order valence-corrected chi connectivity index (χ0v) is 11.3. The van der Waals surface area contributed by atoms with Crippen LogP contribution in [0.25, 0.3) is 0 Å². The Hall–Kier alpha value is -1.09. The van der Waals surface area contributed by atoms with Crippen LogP contribution in [0.5, 0.6) is 0 Å². The number of carboxylic acid groups (broad SMARTS) is 1. The van der Waals surface area contributed by atoms with Gasteiger partial charge in [-0.1, -0.05) is 31.6 Å². The molecule has 2 aliphatic rings. The molecule has 18 heavy (non-hydrogen) atoms. The second-order valence-corrected chi connectivity index (χ2v) is 5.92. The third kappa shape index (κ3) is 2.01. The lowest BCUT2D eigenvalue weighted by Gasteiger charge is -2.45. The highest BCUT2D eigenvalue weighted by atomic mass is 16.4. The summed E-state index contributed by atoms with van der Waals surface area (Å²) >= 11 is 0. The molecule has 2 aliphatic carbocycles. The van der Waals surface area contributed by atoms with Gasteiger partial charge in [0.1, 0.15) is 0 Å². The van der Waals surface area contributed by atoms with E-state index >= 15 is 0 Å². The van der Waals surface area contributed by atoms with Crippen LogP contribution in [0.1, 0.15) is 40.0 Å². The number of rotatable bonds is 2. The van der Waals surface area contributed by atoms with E-state index in [-0.39, 0.29) is 11.5 Å². The number of fused-ring (bicyclic) bond motifs is 1. The Morgan fingerprint density at radius 3 is 2.78 bits per heavy atom. The van der Waals surface area contributed by atoms with Gasteiger partial charge < -0.3 is 10.2 Å². The summed E-state index contributed by atoms with van der Waals surface area (Å²) in [5.41, 5.74) is 1.88. The molecule has 0 spiro atoms. The third-order valence-electron chi connectivity index (χ3n) is 4.85. The quantitative estimate of drug-likeness (QED) is 0.741. The predicted octanol–water partition coefficient (Wildman–Crippen LogP) is 2.76. The van der Waals surface area contributed by atoms with Crippen LogP contribution >= 0.6 is 0 Å². The molecule has 1 fully saturated rings. The topological polar surface area (TPSA) is 57.5 Å². The Labute approximate surface area is 108 Å². The average molecular weight is 250 g/mol. The number of carbonyl (C=O) groups is 1. The van der Waals surface area contributed by atoms with E-state index in [1.165, 1.54) is 0 Å². The van der Waals surface area contributed by atoms with Gasteiger partial charge >= 0.3 is 5.97 Å². The molecule has 0 aliphatic heterocycles. The van der Waals surface area contributed by atoms with E-state index in [2.05, 4.69) is 26.0 Å². The fourth-order valence-electron chi connectivity index (χ4n) is 3.22. The van der Waals surface area contributed by atoms with E-state index in [9.17, 15) is 9.90 Å². The Morgan fingerprint density at radius 1 is 1.50 bits per heavy atom. The number of aliphatic hydroxyl groups is 1. The van der Waals surface area contributed by atoms with Crippen LogP contribution in [0, 0.1) is 17.3 Å². The van der Waals surface area contributed by atoms with Crippen molar-refractivity contribution in [3.63, 3.8) is 0 Å². The van der Waals surface area contributed by atoms with Crippen LogP contribution in [-0.2, 0) is 4.79 Å². The first-order valence-corrected chi connectivity index (χ1v) is 6.69. The van der Waals surface area contributed by atoms with Gasteiger partial charge in [-0.2, -0.15) is 0 Å². The molecule has 0 amide bonds. The van der Waals surface area contributed by atoms with Gasteiger partial charge in [0, 0.05) is 5.41 Å². The highest BCUT2D eigenvalue weighted by Gasteiger charge is 2.42. The second-order valence-electron chi connectivity index (χ2n) is 5.92. The van der Waals surface area contributed by atoms with Gasteiger partial charge in [0.05, 0.1) is 12.0 Å². The molecule has 1 unspecified atom stereocenters. The van der Waals surface area contributed by atoms with Crippen molar-refractivity contribution in [3.05, 3.63) is 23.3 Å². The van der Waals surface area contributed by atoms with Crippen molar-refractivity contribution in [2.45, 2.75) is 46.1 Å². The molecule has 0 bridgehead atoms. The summed E-state index contributed by atoms with van der Waals surface area (Å²) in [6, 6.07) is 0. The Kier molecular flexibility index (Phi) is 3.37. The number of hydrogen-bond donors (Lipinski definition) is 2. The maximum absolute atomic E-state index is 11.1. The molecule has 0 aromatic rings. The van der Waals surface area contributed by atoms with Gasteiger partial charge in [0.2, 0.25) is 0 Å². The Morgan fingerprint density at radius 2 is 2.17 bits per heavy atom. The molecule has 3 nitrogen and oxygen atoms in total.